The van der Waals surface area contributed by atoms with E-state index in [9.17, 15) is 9.59 Å². The van der Waals surface area contributed by atoms with Gasteiger partial charge in [0.05, 0.1) is 0 Å². The van der Waals surface area contributed by atoms with E-state index in [0.717, 1.165) is 12.2 Å². The van der Waals surface area contributed by atoms with Gasteiger partial charge in [-0.15, -0.1) is 0 Å². The molecule has 4 heteroatoms. The van der Waals surface area contributed by atoms with Crippen LogP contribution >= 0.6 is 0 Å². The van der Waals surface area contributed by atoms with E-state index in [4.69, 9.17) is 5.73 Å². The third-order valence-electron chi connectivity index (χ3n) is 1.03. The first kappa shape index (κ1) is 10.4. The van der Waals surface area contributed by atoms with Crippen molar-refractivity contribution in [2.24, 2.45) is 5.73 Å². The van der Waals surface area contributed by atoms with Crippen molar-refractivity contribution < 1.29 is 9.59 Å². The fraction of sp³-hybridized carbons (Fsp3) is 0.250. The maximum absolute atomic E-state index is 10.8. The predicted molar refractivity (Wildman–Crippen MR) is 46.2 cm³/mol. The molecule has 0 heterocycles. The Hall–Kier alpha value is -1.58. The van der Waals surface area contributed by atoms with E-state index in [-0.39, 0.29) is 5.91 Å². The Bertz CT molecular complexity index is 219. The van der Waals surface area contributed by atoms with Crippen LogP contribution in [0.4, 0.5) is 0 Å². The van der Waals surface area contributed by atoms with Crippen molar-refractivity contribution in [2.75, 3.05) is 6.54 Å². The molecule has 0 aliphatic rings. The Labute approximate surface area is 71.1 Å². The third kappa shape index (κ3) is 6.54. The number of carbonyl (C=O) groups is 2. The van der Waals surface area contributed by atoms with Gasteiger partial charge in [0, 0.05) is 18.7 Å². The normalized spacial score (nSPS) is 10.8. The first-order valence-electron chi connectivity index (χ1n) is 3.53. The minimum Gasteiger partial charge on any atom is -0.366 e. The molecule has 0 fully saturated rings. The van der Waals surface area contributed by atoms with Crippen LogP contribution in [-0.2, 0) is 9.59 Å². The summed E-state index contributed by atoms with van der Waals surface area (Å²) in [7, 11) is 0. The van der Waals surface area contributed by atoms with Gasteiger partial charge in [0.25, 0.3) is 0 Å². The van der Waals surface area contributed by atoms with E-state index >= 15 is 0 Å². The molecule has 3 N–H and O–H groups in total. The van der Waals surface area contributed by atoms with E-state index in [1.165, 1.54) is 0 Å². The molecule has 0 aliphatic heterocycles. The summed E-state index contributed by atoms with van der Waals surface area (Å²) < 4.78 is 0. The van der Waals surface area contributed by atoms with E-state index in [2.05, 4.69) is 5.32 Å². The fourth-order valence-electron chi connectivity index (χ4n) is 0.494. The molecule has 4 nitrogen and oxygen atoms in total. The van der Waals surface area contributed by atoms with Crippen molar-refractivity contribution in [2.45, 2.75) is 6.92 Å². The lowest BCUT2D eigenvalue weighted by atomic mass is 10.4. The monoisotopic (exact) mass is 168 g/mol. The standard InChI is InChI=1S/C8H12N2O2/c1-2-3-6-10-8(12)5-4-7(9)11/h2-5H,6H2,1H3,(H2,9,11)(H,10,12)/b3-2?,5-4-. The van der Waals surface area contributed by atoms with Crippen molar-refractivity contribution in [3.63, 3.8) is 0 Å². The molecule has 12 heavy (non-hydrogen) atoms. The number of nitrogens with one attached hydrogen (secondary N) is 1. The quantitative estimate of drug-likeness (QED) is 0.447. The Morgan fingerprint density at radius 3 is 2.58 bits per heavy atom. The molecular weight excluding hydrogens is 156 g/mol. The SMILES string of the molecule is CC=CCNC(=O)/C=C\C(N)=O. The zero-order chi connectivity index (χ0) is 9.40. The first-order chi connectivity index (χ1) is 5.66. The number of amides is 2. The summed E-state index contributed by atoms with van der Waals surface area (Å²) in [5.41, 5.74) is 4.78. The molecule has 0 saturated heterocycles. The highest BCUT2D eigenvalue weighted by Gasteiger charge is 1.91. The Morgan fingerprint density at radius 1 is 1.42 bits per heavy atom. The van der Waals surface area contributed by atoms with Crippen molar-refractivity contribution in [1.29, 1.82) is 0 Å². The van der Waals surface area contributed by atoms with Crippen LogP contribution in [0.1, 0.15) is 6.92 Å². The van der Waals surface area contributed by atoms with Gasteiger partial charge in [-0.05, 0) is 6.92 Å². The van der Waals surface area contributed by atoms with Crippen LogP contribution in [0.5, 0.6) is 0 Å². The highest BCUT2D eigenvalue weighted by atomic mass is 16.2. The Kier molecular flexibility index (Phi) is 5.34. The topological polar surface area (TPSA) is 72.2 Å². The van der Waals surface area contributed by atoms with Crippen molar-refractivity contribution in [3.8, 4) is 0 Å². The maximum atomic E-state index is 10.8. The summed E-state index contributed by atoms with van der Waals surface area (Å²) in [4.78, 5) is 21.0. The summed E-state index contributed by atoms with van der Waals surface area (Å²) in [6.45, 7) is 2.31. The van der Waals surface area contributed by atoms with E-state index in [1.807, 2.05) is 13.0 Å². The average molecular weight is 168 g/mol. The number of primary amides is 1. The Balaban J connectivity index is 3.67. The van der Waals surface area contributed by atoms with Crippen LogP contribution in [0.3, 0.4) is 0 Å². The molecule has 0 rings (SSSR count). The second-order valence-electron chi connectivity index (χ2n) is 2.05. The highest BCUT2D eigenvalue weighted by molar-refractivity contribution is 5.95. The molecule has 0 atom stereocenters. The minimum atomic E-state index is -0.629. The van der Waals surface area contributed by atoms with Gasteiger partial charge in [-0.2, -0.15) is 0 Å². The molecular formula is C8H12N2O2. The van der Waals surface area contributed by atoms with Crippen LogP contribution in [0.15, 0.2) is 24.3 Å². The largest absolute Gasteiger partial charge is 0.366 e. The molecule has 0 aromatic heterocycles. The van der Waals surface area contributed by atoms with Crippen molar-refractivity contribution in [3.05, 3.63) is 24.3 Å². The van der Waals surface area contributed by atoms with Crippen LogP contribution < -0.4 is 11.1 Å². The zero-order valence-corrected chi connectivity index (χ0v) is 6.91. The number of hydrogen-bond acceptors (Lipinski definition) is 2. The predicted octanol–water partition coefficient (Wildman–Crippen LogP) is -0.280. The van der Waals surface area contributed by atoms with Gasteiger partial charge in [-0.1, -0.05) is 12.2 Å². The molecule has 0 spiro atoms. The van der Waals surface area contributed by atoms with E-state index in [0.29, 0.717) is 6.54 Å². The molecule has 0 saturated carbocycles. The molecule has 0 aliphatic carbocycles. The Morgan fingerprint density at radius 2 is 2.08 bits per heavy atom. The molecule has 2 amide bonds. The molecule has 0 aromatic rings. The average Bonchev–Trinajstić information content (AvgIpc) is 2.01. The van der Waals surface area contributed by atoms with Crippen molar-refractivity contribution >= 4 is 11.8 Å². The summed E-state index contributed by atoms with van der Waals surface area (Å²) in [5.74, 6) is -0.955. The molecule has 0 bridgehead atoms. The smallest absolute Gasteiger partial charge is 0.244 e. The molecule has 0 unspecified atom stereocenters. The van der Waals surface area contributed by atoms with Crippen LogP contribution in [-0.4, -0.2) is 18.4 Å². The van der Waals surface area contributed by atoms with Gasteiger partial charge >= 0.3 is 0 Å². The summed E-state index contributed by atoms with van der Waals surface area (Å²) in [5, 5.41) is 2.52. The van der Waals surface area contributed by atoms with Crippen molar-refractivity contribution in [1.82, 2.24) is 5.32 Å². The van der Waals surface area contributed by atoms with Crippen LogP contribution in [0.25, 0.3) is 0 Å². The highest BCUT2D eigenvalue weighted by Crippen LogP contribution is 1.73. The summed E-state index contributed by atoms with van der Waals surface area (Å²) in [6.07, 6.45) is 5.73. The van der Waals surface area contributed by atoms with Gasteiger partial charge in [-0.3, -0.25) is 9.59 Å². The summed E-state index contributed by atoms with van der Waals surface area (Å²) >= 11 is 0. The molecule has 66 valence electrons. The summed E-state index contributed by atoms with van der Waals surface area (Å²) in [6, 6.07) is 0. The van der Waals surface area contributed by atoms with Gasteiger partial charge in [0.15, 0.2) is 0 Å². The first-order valence-corrected chi connectivity index (χ1v) is 3.53. The van der Waals surface area contributed by atoms with E-state index in [1.54, 1.807) is 6.08 Å². The molecule has 0 radical (unpaired) electrons. The van der Waals surface area contributed by atoms with Gasteiger partial charge in [-0.25, -0.2) is 0 Å². The van der Waals surface area contributed by atoms with Crippen LogP contribution in [0.2, 0.25) is 0 Å². The number of rotatable bonds is 4. The third-order valence-corrected chi connectivity index (χ3v) is 1.03. The fourth-order valence-corrected chi connectivity index (χ4v) is 0.494. The van der Waals surface area contributed by atoms with Gasteiger partial charge in [0.2, 0.25) is 11.8 Å². The molecule has 0 aromatic carbocycles. The zero-order valence-electron chi connectivity index (χ0n) is 6.91. The second-order valence-corrected chi connectivity index (χ2v) is 2.05. The number of hydrogen-bond donors (Lipinski definition) is 2. The minimum absolute atomic E-state index is 0.327. The number of nitrogens with two attached hydrogens (primary N) is 1. The van der Waals surface area contributed by atoms with Crippen LogP contribution in [0, 0.1) is 0 Å². The number of carbonyl (C=O) groups excluding carboxylic acids is 2. The van der Waals surface area contributed by atoms with E-state index < -0.39 is 5.91 Å². The number of allylic oxidation sites excluding steroid dienone is 1. The van der Waals surface area contributed by atoms with Gasteiger partial charge < -0.3 is 11.1 Å². The lowest BCUT2D eigenvalue weighted by molar-refractivity contribution is -0.117. The maximum Gasteiger partial charge on any atom is 0.244 e. The lowest BCUT2D eigenvalue weighted by Crippen LogP contribution is -2.21. The van der Waals surface area contributed by atoms with Gasteiger partial charge in [0.1, 0.15) is 0 Å². The second kappa shape index (κ2) is 6.15. The lowest BCUT2D eigenvalue weighted by Gasteiger charge is -1.94.